The van der Waals surface area contributed by atoms with Gasteiger partial charge in [-0.25, -0.2) is 0 Å². The molecule has 1 saturated heterocycles. The molecule has 2 aromatic rings. The number of halogens is 2. The van der Waals surface area contributed by atoms with E-state index in [1.54, 1.807) is 0 Å². The minimum Gasteiger partial charge on any atom is -0.337 e. The van der Waals surface area contributed by atoms with E-state index in [9.17, 15) is 4.79 Å². The minimum atomic E-state index is 0. The molecule has 1 atom stereocenters. The highest BCUT2D eigenvalue weighted by molar-refractivity contribution is 6.30. The van der Waals surface area contributed by atoms with Crippen LogP contribution >= 0.6 is 24.0 Å². The van der Waals surface area contributed by atoms with Crippen molar-refractivity contribution in [1.82, 2.24) is 14.8 Å². The van der Waals surface area contributed by atoms with Gasteiger partial charge in [-0.1, -0.05) is 17.7 Å². The lowest BCUT2D eigenvalue weighted by Crippen LogP contribution is -2.38. The number of rotatable bonds is 3. The van der Waals surface area contributed by atoms with E-state index in [0.29, 0.717) is 5.02 Å². The Kier molecular flexibility index (Phi) is 5.97. The first-order chi connectivity index (χ1) is 11.0. The molecule has 0 saturated carbocycles. The van der Waals surface area contributed by atoms with Crippen LogP contribution in [-0.4, -0.2) is 41.6 Å². The smallest absolute Gasteiger partial charge is 0.255 e. The Morgan fingerprint density at radius 1 is 1.33 bits per heavy atom. The average Bonchev–Trinajstić information content (AvgIpc) is 3.14. The van der Waals surface area contributed by atoms with Crippen LogP contribution in [0.1, 0.15) is 28.2 Å². The second-order valence-corrected chi connectivity index (χ2v) is 6.60. The van der Waals surface area contributed by atoms with Gasteiger partial charge in [0.2, 0.25) is 0 Å². The fourth-order valence-electron chi connectivity index (χ4n) is 3.32. The van der Waals surface area contributed by atoms with Crippen LogP contribution < -0.4 is 5.32 Å². The van der Waals surface area contributed by atoms with Gasteiger partial charge >= 0.3 is 0 Å². The van der Waals surface area contributed by atoms with Crippen LogP contribution in [0.25, 0.3) is 5.69 Å². The summed E-state index contributed by atoms with van der Waals surface area (Å²) in [7, 11) is 1.89. The van der Waals surface area contributed by atoms with E-state index in [-0.39, 0.29) is 24.4 Å². The van der Waals surface area contributed by atoms with Crippen molar-refractivity contribution in [2.75, 3.05) is 20.1 Å². The van der Waals surface area contributed by atoms with E-state index in [4.69, 9.17) is 11.6 Å². The quantitative estimate of drug-likeness (QED) is 0.899. The van der Waals surface area contributed by atoms with Gasteiger partial charge in [-0.05, 0) is 51.1 Å². The van der Waals surface area contributed by atoms with E-state index < -0.39 is 0 Å². The van der Waals surface area contributed by atoms with E-state index in [0.717, 1.165) is 42.1 Å². The summed E-state index contributed by atoms with van der Waals surface area (Å²) in [4.78, 5) is 14.7. The van der Waals surface area contributed by atoms with Gasteiger partial charge in [-0.2, -0.15) is 0 Å². The molecule has 1 unspecified atom stereocenters. The van der Waals surface area contributed by atoms with Crippen molar-refractivity contribution < 1.29 is 4.79 Å². The van der Waals surface area contributed by atoms with Crippen LogP contribution in [0.4, 0.5) is 0 Å². The molecule has 1 aliphatic rings. The van der Waals surface area contributed by atoms with Crippen molar-refractivity contribution in [3.63, 3.8) is 0 Å². The number of carbonyl (C=O) groups excluding carboxylic acids is 1. The summed E-state index contributed by atoms with van der Waals surface area (Å²) < 4.78 is 2.08. The number of hydrogen-bond donors (Lipinski definition) is 1. The first-order valence-electron chi connectivity index (χ1n) is 7.92. The summed E-state index contributed by atoms with van der Waals surface area (Å²) in [6.07, 6.45) is 1.01. The molecule has 1 N–H and O–H groups in total. The second kappa shape index (κ2) is 7.60. The molecule has 1 aliphatic heterocycles. The SMILES string of the molecule is Cc1cc(C(=O)N(C)C2CCNC2)c(C)n1-c1cccc(Cl)c1.Cl. The second-order valence-electron chi connectivity index (χ2n) is 6.16. The zero-order valence-electron chi connectivity index (χ0n) is 14.2. The number of nitrogens with zero attached hydrogens (tertiary/aromatic N) is 2. The molecule has 0 aliphatic carbocycles. The predicted molar refractivity (Wildman–Crippen MR) is 101 cm³/mol. The summed E-state index contributed by atoms with van der Waals surface area (Å²) in [5.41, 5.74) is 3.73. The Balaban J connectivity index is 0.00000208. The number of amides is 1. The lowest BCUT2D eigenvalue weighted by molar-refractivity contribution is 0.0743. The monoisotopic (exact) mass is 367 g/mol. The molecule has 130 valence electrons. The first kappa shape index (κ1) is 18.8. The van der Waals surface area contributed by atoms with E-state index in [1.807, 2.05) is 56.1 Å². The zero-order chi connectivity index (χ0) is 16.6. The molecule has 2 heterocycles. The highest BCUT2D eigenvalue weighted by atomic mass is 35.5. The number of nitrogens with one attached hydrogen (secondary N) is 1. The Hall–Kier alpha value is -1.49. The number of aromatic nitrogens is 1. The largest absolute Gasteiger partial charge is 0.337 e. The Bertz CT molecular complexity index is 736. The van der Waals surface area contributed by atoms with Crippen molar-refractivity contribution >= 4 is 29.9 Å². The van der Waals surface area contributed by atoms with Gasteiger partial charge in [-0.15, -0.1) is 12.4 Å². The fraction of sp³-hybridized carbons (Fsp3) is 0.389. The number of likely N-dealkylation sites (N-methyl/N-ethyl adjacent to an activating group) is 1. The van der Waals surface area contributed by atoms with Crippen molar-refractivity contribution in [2.24, 2.45) is 0 Å². The van der Waals surface area contributed by atoms with E-state index in [1.165, 1.54) is 0 Å². The van der Waals surface area contributed by atoms with Crippen LogP contribution in [-0.2, 0) is 0 Å². The fourth-order valence-corrected chi connectivity index (χ4v) is 3.50. The molecule has 1 amide bonds. The first-order valence-corrected chi connectivity index (χ1v) is 8.29. The van der Waals surface area contributed by atoms with Crippen molar-refractivity contribution in [2.45, 2.75) is 26.3 Å². The Labute approximate surface area is 154 Å². The van der Waals surface area contributed by atoms with E-state index >= 15 is 0 Å². The van der Waals surface area contributed by atoms with Crippen molar-refractivity contribution in [1.29, 1.82) is 0 Å². The van der Waals surface area contributed by atoms with Gasteiger partial charge in [0.05, 0.1) is 5.56 Å². The molecular weight excluding hydrogens is 345 g/mol. The highest BCUT2D eigenvalue weighted by Crippen LogP contribution is 2.24. The van der Waals surface area contributed by atoms with Crippen molar-refractivity contribution in [3.8, 4) is 5.69 Å². The highest BCUT2D eigenvalue weighted by Gasteiger charge is 2.26. The molecule has 6 heteroatoms. The summed E-state index contributed by atoms with van der Waals surface area (Å²) in [5.74, 6) is 0.0834. The van der Waals surface area contributed by atoms with Gasteiger partial charge in [0.25, 0.3) is 5.91 Å². The normalized spacial score (nSPS) is 16.8. The Morgan fingerprint density at radius 2 is 2.08 bits per heavy atom. The predicted octanol–water partition coefficient (Wildman–Crippen LogP) is 3.60. The number of benzene rings is 1. The van der Waals surface area contributed by atoms with Crippen LogP contribution in [0.5, 0.6) is 0 Å². The van der Waals surface area contributed by atoms with Gasteiger partial charge in [-0.3, -0.25) is 4.79 Å². The maximum atomic E-state index is 12.9. The van der Waals surface area contributed by atoms with Crippen molar-refractivity contribution in [3.05, 3.63) is 52.3 Å². The van der Waals surface area contributed by atoms with Crippen LogP contribution in [0, 0.1) is 13.8 Å². The topological polar surface area (TPSA) is 37.3 Å². The molecule has 1 fully saturated rings. The van der Waals surface area contributed by atoms with Gasteiger partial charge < -0.3 is 14.8 Å². The molecule has 3 rings (SSSR count). The Morgan fingerprint density at radius 3 is 2.71 bits per heavy atom. The molecule has 4 nitrogen and oxygen atoms in total. The number of carbonyl (C=O) groups is 1. The van der Waals surface area contributed by atoms with Gasteiger partial charge in [0, 0.05) is 41.7 Å². The standard InChI is InChI=1S/C18H22ClN3O.ClH/c1-12-9-17(18(23)21(3)16-7-8-20-11-16)13(2)22(12)15-6-4-5-14(19)10-15;/h4-6,9-10,16,20H,7-8,11H2,1-3H3;1H. The van der Waals surface area contributed by atoms with Crippen LogP contribution in [0.2, 0.25) is 5.02 Å². The van der Waals surface area contributed by atoms with Crippen LogP contribution in [0.15, 0.2) is 30.3 Å². The molecular formula is C18H23Cl2N3O. The third kappa shape index (κ3) is 3.46. The molecule has 1 aromatic heterocycles. The maximum absolute atomic E-state index is 12.9. The number of aryl methyl sites for hydroxylation is 1. The third-order valence-corrected chi connectivity index (χ3v) is 4.87. The maximum Gasteiger partial charge on any atom is 0.255 e. The summed E-state index contributed by atoms with van der Waals surface area (Å²) in [6.45, 7) is 5.85. The summed E-state index contributed by atoms with van der Waals surface area (Å²) in [5, 5.41) is 4.00. The molecule has 0 bridgehead atoms. The lowest BCUT2D eigenvalue weighted by atomic mass is 10.1. The van der Waals surface area contributed by atoms with Gasteiger partial charge in [0.1, 0.15) is 0 Å². The minimum absolute atomic E-state index is 0. The summed E-state index contributed by atoms with van der Waals surface area (Å²) in [6, 6.07) is 9.94. The lowest BCUT2D eigenvalue weighted by Gasteiger charge is -2.23. The van der Waals surface area contributed by atoms with Crippen LogP contribution in [0.3, 0.4) is 0 Å². The molecule has 0 radical (unpaired) electrons. The van der Waals surface area contributed by atoms with E-state index in [2.05, 4.69) is 9.88 Å². The summed E-state index contributed by atoms with van der Waals surface area (Å²) >= 11 is 6.11. The molecule has 1 aromatic carbocycles. The molecule has 0 spiro atoms. The number of hydrogen-bond acceptors (Lipinski definition) is 2. The van der Waals surface area contributed by atoms with Gasteiger partial charge in [0.15, 0.2) is 0 Å². The average molecular weight is 368 g/mol. The zero-order valence-corrected chi connectivity index (χ0v) is 15.7. The molecule has 24 heavy (non-hydrogen) atoms. The third-order valence-electron chi connectivity index (χ3n) is 4.63.